The maximum Gasteiger partial charge on any atom is 0.0917 e. The Morgan fingerprint density at radius 1 is 1.09 bits per heavy atom. The monoisotopic (exact) mass is 484 g/mol. The van der Waals surface area contributed by atoms with Gasteiger partial charge in [-0.05, 0) is 48.9 Å². The number of rotatable bonds is 6. The van der Waals surface area contributed by atoms with Gasteiger partial charge in [-0.25, -0.2) is 0 Å². The van der Waals surface area contributed by atoms with E-state index in [1.54, 1.807) is 12.4 Å². The van der Waals surface area contributed by atoms with Crippen molar-refractivity contribution in [2.45, 2.75) is 12.5 Å². The summed E-state index contributed by atoms with van der Waals surface area (Å²) in [5.41, 5.74) is 2.01. The summed E-state index contributed by atoms with van der Waals surface area (Å²) in [4.78, 5) is 6.04. The van der Waals surface area contributed by atoms with Gasteiger partial charge in [0, 0.05) is 25.5 Å². The van der Waals surface area contributed by atoms with Gasteiger partial charge in [-0.2, -0.15) is 0 Å². The third kappa shape index (κ3) is 7.50. The Morgan fingerprint density at radius 2 is 1.74 bits per heavy atom. The predicted octanol–water partition coefficient (Wildman–Crippen LogP) is 4.75. The largest absolute Gasteiger partial charge is 0.387 e. The highest BCUT2D eigenvalue weighted by Gasteiger charge is 2.10. The van der Waals surface area contributed by atoms with Crippen LogP contribution in [0, 0.1) is 0 Å². The molecular weight excluding hydrogens is 467 g/mol. The van der Waals surface area contributed by atoms with Crippen molar-refractivity contribution in [2.75, 3.05) is 20.1 Å². The highest BCUT2D eigenvalue weighted by molar-refractivity contribution is 8.93. The summed E-state index contributed by atoms with van der Waals surface area (Å²) < 4.78 is 0. The van der Waals surface area contributed by atoms with Crippen LogP contribution in [0.15, 0.2) is 42.7 Å². The number of likely N-dealkylation sites (N-methyl/N-ethyl adjacent to an activating group) is 1. The normalized spacial score (nSPS) is 11.5. The smallest absolute Gasteiger partial charge is 0.0917 e. The van der Waals surface area contributed by atoms with E-state index in [9.17, 15) is 5.11 Å². The zero-order valence-electron chi connectivity index (χ0n) is 12.7. The van der Waals surface area contributed by atoms with Gasteiger partial charge in [0.25, 0.3) is 0 Å². The van der Waals surface area contributed by atoms with Gasteiger partial charge in [-0.3, -0.25) is 4.98 Å². The van der Waals surface area contributed by atoms with E-state index in [-0.39, 0.29) is 34.0 Å². The van der Waals surface area contributed by atoms with Gasteiger partial charge in [0.1, 0.15) is 0 Å². The highest BCUT2D eigenvalue weighted by atomic mass is 79.9. The molecule has 0 amide bonds. The van der Waals surface area contributed by atoms with Crippen LogP contribution in [-0.4, -0.2) is 35.1 Å². The molecule has 0 saturated heterocycles. The van der Waals surface area contributed by atoms with Gasteiger partial charge in [-0.1, -0.05) is 29.3 Å². The first-order valence-corrected chi connectivity index (χ1v) is 7.52. The van der Waals surface area contributed by atoms with Gasteiger partial charge in [0.15, 0.2) is 0 Å². The summed E-state index contributed by atoms with van der Waals surface area (Å²) in [6.07, 6.45) is 3.73. The molecule has 1 atom stereocenters. The minimum absolute atomic E-state index is 0. The van der Waals surface area contributed by atoms with Crippen LogP contribution in [0.1, 0.15) is 17.2 Å². The van der Waals surface area contributed by atoms with Gasteiger partial charge >= 0.3 is 0 Å². The molecule has 128 valence electrons. The molecule has 2 aromatic rings. The van der Waals surface area contributed by atoms with E-state index in [4.69, 9.17) is 23.2 Å². The summed E-state index contributed by atoms with van der Waals surface area (Å²) in [5, 5.41) is 11.3. The number of halogens is 4. The van der Waals surface area contributed by atoms with E-state index >= 15 is 0 Å². The fourth-order valence-corrected chi connectivity index (χ4v) is 2.41. The summed E-state index contributed by atoms with van der Waals surface area (Å²) >= 11 is 11.9. The molecule has 0 saturated carbocycles. The Kier molecular flexibility index (Phi) is 11.3. The standard InChI is InChI=1S/C16H18Cl2N2O.2BrH/c1-20(11-16(21)13-4-7-19-8-5-13)9-6-12-2-3-14(17)15(18)10-12;;/h2-5,7-8,10,16,21H,6,9,11H2,1H3;2*1H. The van der Waals surface area contributed by atoms with Crippen molar-refractivity contribution >= 4 is 57.2 Å². The van der Waals surface area contributed by atoms with E-state index in [1.807, 2.05) is 37.4 Å². The van der Waals surface area contributed by atoms with Crippen LogP contribution in [0.4, 0.5) is 0 Å². The molecule has 7 heteroatoms. The molecule has 3 nitrogen and oxygen atoms in total. The number of benzene rings is 1. The van der Waals surface area contributed by atoms with Crippen molar-refractivity contribution in [1.29, 1.82) is 0 Å². The molecule has 2 rings (SSSR count). The minimum atomic E-state index is -0.508. The third-order valence-electron chi connectivity index (χ3n) is 3.34. The van der Waals surface area contributed by atoms with E-state index < -0.39 is 6.10 Å². The van der Waals surface area contributed by atoms with Crippen molar-refractivity contribution in [1.82, 2.24) is 9.88 Å². The molecule has 1 heterocycles. The summed E-state index contributed by atoms with van der Waals surface area (Å²) in [6.45, 7) is 1.41. The Labute approximate surface area is 168 Å². The zero-order chi connectivity index (χ0) is 15.2. The number of aliphatic hydroxyl groups excluding tert-OH is 1. The van der Waals surface area contributed by atoms with E-state index in [0.717, 1.165) is 24.1 Å². The fraction of sp³-hybridized carbons (Fsp3) is 0.312. The van der Waals surface area contributed by atoms with Crippen LogP contribution in [-0.2, 0) is 6.42 Å². The molecule has 0 radical (unpaired) electrons. The topological polar surface area (TPSA) is 36.4 Å². The molecule has 0 bridgehead atoms. The second-order valence-electron chi connectivity index (χ2n) is 5.06. The van der Waals surface area contributed by atoms with Crippen molar-refractivity contribution in [3.05, 3.63) is 63.9 Å². The minimum Gasteiger partial charge on any atom is -0.387 e. The first-order chi connectivity index (χ1) is 10.1. The lowest BCUT2D eigenvalue weighted by Crippen LogP contribution is -2.26. The summed E-state index contributed by atoms with van der Waals surface area (Å²) in [5.74, 6) is 0. The van der Waals surface area contributed by atoms with Gasteiger partial charge < -0.3 is 10.0 Å². The Balaban J connectivity index is 0.00000242. The predicted molar refractivity (Wildman–Crippen MR) is 108 cm³/mol. The molecule has 0 spiro atoms. The van der Waals surface area contributed by atoms with Crippen LogP contribution in [0.5, 0.6) is 0 Å². The summed E-state index contributed by atoms with van der Waals surface area (Å²) in [6, 6.07) is 9.33. The fourth-order valence-electron chi connectivity index (χ4n) is 2.09. The second kappa shape index (κ2) is 11.4. The lowest BCUT2D eigenvalue weighted by atomic mass is 10.1. The number of nitrogens with zero attached hydrogens (tertiary/aromatic N) is 2. The quantitative estimate of drug-likeness (QED) is 0.640. The van der Waals surface area contributed by atoms with Crippen molar-refractivity contribution in [2.24, 2.45) is 0 Å². The average Bonchev–Trinajstić information content (AvgIpc) is 2.49. The lowest BCUT2D eigenvalue weighted by molar-refractivity contribution is 0.127. The zero-order valence-corrected chi connectivity index (χ0v) is 17.6. The second-order valence-corrected chi connectivity index (χ2v) is 5.87. The molecule has 1 aromatic heterocycles. The first-order valence-electron chi connectivity index (χ1n) is 6.76. The van der Waals surface area contributed by atoms with Crippen molar-refractivity contribution in [3.63, 3.8) is 0 Å². The Bertz CT molecular complexity index is 588. The van der Waals surface area contributed by atoms with Gasteiger partial charge in [0.05, 0.1) is 16.1 Å². The molecule has 0 fully saturated rings. The molecular formula is C16H20Br2Cl2N2O. The maximum atomic E-state index is 10.2. The van der Waals surface area contributed by atoms with E-state index in [1.165, 1.54) is 0 Å². The third-order valence-corrected chi connectivity index (χ3v) is 4.08. The van der Waals surface area contributed by atoms with Crippen LogP contribution in [0.2, 0.25) is 10.0 Å². The molecule has 1 N–H and O–H groups in total. The molecule has 0 aliphatic carbocycles. The van der Waals surface area contributed by atoms with Gasteiger partial charge in [-0.15, -0.1) is 34.0 Å². The maximum absolute atomic E-state index is 10.2. The Hall–Kier alpha value is -0.170. The van der Waals surface area contributed by atoms with Crippen molar-refractivity contribution in [3.8, 4) is 0 Å². The van der Waals surface area contributed by atoms with E-state index in [0.29, 0.717) is 16.6 Å². The number of aliphatic hydroxyl groups is 1. The van der Waals surface area contributed by atoms with Gasteiger partial charge in [0.2, 0.25) is 0 Å². The first kappa shape index (κ1) is 22.8. The summed E-state index contributed by atoms with van der Waals surface area (Å²) in [7, 11) is 1.99. The molecule has 0 aliphatic rings. The van der Waals surface area contributed by atoms with Crippen LogP contribution < -0.4 is 0 Å². The molecule has 1 unspecified atom stereocenters. The number of hydrogen-bond acceptors (Lipinski definition) is 3. The number of aromatic nitrogens is 1. The molecule has 0 aliphatic heterocycles. The van der Waals surface area contributed by atoms with E-state index in [2.05, 4.69) is 9.88 Å². The number of pyridine rings is 1. The molecule has 23 heavy (non-hydrogen) atoms. The number of hydrogen-bond donors (Lipinski definition) is 1. The van der Waals surface area contributed by atoms with Crippen LogP contribution >= 0.6 is 57.2 Å². The lowest BCUT2D eigenvalue weighted by Gasteiger charge is -2.20. The average molecular weight is 487 g/mol. The SMILES string of the molecule is Br.Br.CN(CCc1ccc(Cl)c(Cl)c1)CC(O)c1ccncc1. The van der Waals surface area contributed by atoms with Crippen LogP contribution in [0.25, 0.3) is 0 Å². The van der Waals surface area contributed by atoms with Crippen LogP contribution in [0.3, 0.4) is 0 Å². The van der Waals surface area contributed by atoms with Crippen molar-refractivity contribution < 1.29 is 5.11 Å². The highest BCUT2D eigenvalue weighted by Crippen LogP contribution is 2.23. The molecule has 1 aromatic carbocycles. The Morgan fingerprint density at radius 3 is 2.35 bits per heavy atom.